The van der Waals surface area contributed by atoms with Crippen molar-refractivity contribution in [3.8, 4) is 0 Å². The lowest BCUT2D eigenvalue weighted by Crippen LogP contribution is -2.39. The first kappa shape index (κ1) is 18.5. The maximum Gasteiger partial charge on any atom is 0.407 e. The van der Waals surface area contributed by atoms with Crippen LogP contribution < -0.4 is 10.6 Å². The van der Waals surface area contributed by atoms with Crippen molar-refractivity contribution in [2.24, 2.45) is 0 Å². The minimum atomic E-state index is -0.422. The third kappa shape index (κ3) is 7.53. The lowest BCUT2D eigenvalue weighted by atomic mass is 10.1. The van der Waals surface area contributed by atoms with Gasteiger partial charge in [0.1, 0.15) is 5.60 Å². The van der Waals surface area contributed by atoms with E-state index in [0.717, 1.165) is 25.8 Å². The molecule has 0 aromatic carbocycles. The Morgan fingerprint density at radius 2 is 1.83 bits per heavy atom. The van der Waals surface area contributed by atoms with E-state index in [1.165, 1.54) is 45.3 Å². The summed E-state index contributed by atoms with van der Waals surface area (Å²) >= 11 is 0. The molecule has 2 aliphatic rings. The average molecular weight is 325 g/mol. The van der Waals surface area contributed by atoms with Gasteiger partial charge < -0.3 is 20.3 Å². The summed E-state index contributed by atoms with van der Waals surface area (Å²) in [7, 11) is 0. The van der Waals surface area contributed by atoms with Gasteiger partial charge in [0.2, 0.25) is 0 Å². The molecule has 134 valence electrons. The third-order valence-corrected chi connectivity index (χ3v) is 4.69. The van der Waals surface area contributed by atoms with Crippen molar-refractivity contribution in [1.29, 1.82) is 0 Å². The number of ether oxygens (including phenoxy) is 1. The van der Waals surface area contributed by atoms with Crippen LogP contribution in [0.3, 0.4) is 0 Å². The van der Waals surface area contributed by atoms with E-state index in [1.807, 2.05) is 20.8 Å². The van der Waals surface area contributed by atoms with E-state index in [9.17, 15) is 4.79 Å². The minimum Gasteiger partial charge on any atom is -0.444 e. The lowest BCUT2D eigenvalue weighted by Gasteiger charge is -2.26. The number of amides is 1. The first-order chi connectivity index (χ1) is 10.9. The standard InChI is InChI=1S/C18H35N3O2/c1-18(2,3)23-17(22)20-16-9-8-15(14-16)19-10-7-13-21-11-5-4-6-12-21/h15-16,19H,4-14H2,1-3H3,(H,20,22). The predicted molar refractivity (Wildman–Crippen MR) is 93.7 cm³/mol. The molecule has 1 heterocycles. The molecule has 1 amide bonds. The van der Waals surface area contributed by atoms with Gasteiger partial charge in [0.25, 0.3) is 0 Å². The molecule has 0 radical (unpaired) electrons. The quantitative estimate of drug-likeness (QED) is 0.737. The van der Waals surface area contributed by atoms with Gasteiger partial charge in [-0.25, -0.2) is 4.79 Å². The van der Waals surface area contributed by atoms with Crippen LogP contribution in [0.4, 0.5) is 4.79 Å². The Balaban J connectivity index is 1.54. The summed E-state index contributed by atoms with van der Waals surface area (Å²) in [6, 6.07) is 0.792. The molecular weight excluding hydrogens is 290 g/mol. The molecule has 2 fully saturated rings. The van der Waals surface area contributed by atoms with Crippen molar-refractivity contribution in [1.82, 2.24) is 15.5 Å². The molecule has 5 nitrogen and oxygen atoms in total. The Labute approximate surface area is 141 Å². The van der Waals surface area contributed by atoms with Gasteiger partial charge in [-0.3, -0.25) is 0 Å². The van der Waals surface area contributed by atoms with E-state index in [4.69, 9.17) is 4.74 Å². The summed E-state index contributed by atoms with van der Waals surface area (Å²) in [6.45, 7) is 10.6. The van der Waals surface area contributed by atoms with Gasteiger partial charge in [-0.2, -0.15) is 0 Å². The van der Waals surface area contributed by atoms with Crippen LogP contribution in [-0.2, 0) is 4.74 Å². The van der Waals surface area contributed by atoms with E-state index < -0.39 is 5.60 Å². The van der Waals surface area contributed by atoms with Crippen molar-refractivity contribution >= 4 is 6.09 Å². The molecule has 0 spiro atoms. The second kappa shape index (κ2) is 8.88. The van der Waals surface area contributed by atoms with E-state index in [2.05, 4.69) is 15.5 Å². The van der Waals surface area contributed by atoms with E-state index in [-0.39, 0.29) is 12.1 Å². The van der Waals surface area contributed by atoms with Crippen LogP contribution in [0.15, 0.2) is 0 Å². The van der Waals surface area contributed by atoms with Crippen molar-refractivity contribution in [2.45, 2.75) is 83.4 Å². The SMILES string of the molecule is CC(C)(C)OC(=O)NC1CCC(NCCCN2CCCCC2)C1. The molecule has 1 aliphatic heterocycles. The normalized spacial score (nSPS) is 26.2. The highest BCUT2D eigenvalue weighted by atomic mass is 16.6. The first-order valence-corrected chi connectivity index (χ1v) is 9.37. The zero-order valence-electron chi connectivity index (χ0n) is 15.2. The van der Waals surface area contributed by atoms with Crippen molar-refractivity contribution in [2.75, 3.05) is 26.2 Å². The van der Waals surface area contributed by atoms with Crippen LogP contribution in [0, 0.1) is 0 Å². The maximum atomic E-state index is 11.8. The molecular formula is C18H35N3O2. The molecule has 2 rings (SSSR count). The number of rotatable bonds is 6. The predicted octanol–water partition coefficient (Wildman–Crippen LogP) is 2.90. The number of piperidine rings is 1. The third-order valence-electron chi connectivity index (χ3n) is 4.69. The van der Waals surface area contributed by atoms with E-state index in [1.54, 1.807) is 0 Å². The molecule has 2 unspecified atom stereocenters. The van der Waals surface area contributed by atoms with Gasteiger partial charge in [-0.05, 0) is 85.5 Å². The second-order valence-electron chi connectivity index (χ2n) is 8.06. The average Bonchev–Trinajstić information content (AvgIpc) is 2.90. The highest BCUT2D eigenvalue weighted by Crippen LogP contribution is 2.20. The lowest BCUT2D eigenvalue weighted by molar-refractivity contribution is 0.0505. The molecule has 1 saturated heterocycles. The Kier molecular flexibility index (Phi) is 7.15. The smallest absolute Gasteiger partial charge is 0.407 e. The number of nitrogens with one attached hydrogen (secondary N) is 2. The van der Waals surface area contributed by atoms with Gasteiger partial charge >= 0.3 is 6.09 Å². The summed E-state index contributed by atoms with van der Waals surface area (Å²) < 4.78 is 5.32. The van der Waals surface area contributed by atoms with Crippen LogP contribution in [-0.4, -0.2) is 54.9 Å². The van der Waals surface area contributed by atoms with Crippen LogP contribution in [0.2, 0.25) is 0 Å². The number of hydrogen-bond acceptors (Lipinski definition) is 4. The second-order valence-corrected chi connectivity index (χ2v) is 8.06. The molecule has 2 N–H and O–H groups in total. The number of alkyl carbamates (subject to hydrolysis) is 1. The van der Waals surface area contributed by atoms with Crippen LogP contribution >= 0.6 is 0 Å². The fraction of sp³-hybridized carbons (Fsp3) is 0.944. The topological polar surface area (TPSA) is 53.6 Å². The fourth-order valence-electron chi connectivity index (χ4n) is 3.56. The van der Waals surface area contributed by atoms with Gasteiger partial charge in [0.05, 0.1) is 0 Å². The number of carbonyl (C=O) groups excluding carboxylic acids is 1. The maximum absolute atomic E-state index is 11.8. The molecule has 1 aliphatic carbocycles. The van der Waals surface area contributed by atoms with Gasteiger partial charge in [-0.1, -0.05) is 6.42 Å². The monoisotopic (exact) mass is 325 g/mol. The van der Waals surface area contributed by atoms with Crippen molar-refractivity contribution in [3.05, 3.63) is 0 Å². The molecule has 2 atom stereocenters. The highest BCUT2D eigenvalue weighted by Gasteiger charge is 2.27. The molecule has 5 heteroatoms. The molecule has 0 aromatic heterocycles. The fourth-order valence-corrected chi connectivity index (χ4v) is 3.56. The summed E-state index contributed by atoms with van der Waals surface area (Å²) in [4.78, 5) is 14.4. The Bertz CT molecular complexity index is 362. The zero-order valence-corrected chi connectivity index (χ0v) is 15.2. The highest BCUT2D eigenvalue weighted by molar-refractivity contribution is 5.68. The zero-order chi connectivity index (χ0) is 16.7. The minimum absolute atomic E-state index is 0.254. The van der Waals surface area contributed by atoms with Crippen molar-refractivity contribution in [3.63, 3.8) is 0 Å². The van der Waals surface area contributed by atoms with Crippen molar-refractivity contribution < 1.29 is 9.53 Å². The molecule has 23 heavy (non-hydrogen) atoms. The number of likely N-dealkylation sites (tertiary alicyclic amines) is 1. The summed E-state index contributed by atoms with van der Waals surface area (Å²) in [5.74, 6) is 0. The summed E-state index contributed by atoms with van der Waals surface area (Å²) in [5.41, 5.74) is -0.422. The van der Waals surface area contributed by atoms with Crippen LogP contribution in [0.5, 0.6) is 0 Å². The Hall–Kier alpha value is -0.810. The molecule has 0 bridgehead atoms. The van der Waals surface area contributed by atoms with Crippen LogP contribution in [0.1, 0.15) is 65.7 Å². The van der Waals surface area contributed by atoms with E-state index >= 15 is 0 Å². The summed E-state index contributed by atoms with van der Waals surface area (Å²) in [5, 5.41) is 6.65. The molecule has 0 aromatic rings. The number of carbonyl (C=O) groups is 1. The van der Waals surface area contributed by atoms with Gasteiger partial charge in [0, 0.05) is 12.1 Å². The number of nitrogens with zero attached hydrogens (tertiary/aromatic N) is 1. The largest absolute Gasteiger partial charge is 0.444 e. The first-order valence-electron chi connectivity index (χ1n) is 9.37. The summed E-state index contributed by atoms with van der Waals surface area (Å²) in [6.07, 6.45) is 8.29. The molecule has 1 saturated carbocycles. The Morgan fingerprint density at radius 1 is 1.13 bits per heavy atom. The van der Waals surface area contributed by atoms with Gasteiger partial charge in [0.15, 0.2) is 0 Å². The Morgan fingerprint density at radius 3 is 2.52 bits per heavy atom. The van der Waals surface area contributed by atoms with Gasteiger partial charge in [-0.15, -0.1) is 0 Å². The van der Waals surface area contributed by atoms with Crippen LogP contribution in [0.25, 0.3) is 0 Å². The number of hydrogen-bond donors (Lipinski definition) is 2. The van der Waals surface area contributed by atoms with E-state index in [0.29, 0.717) is 6.04 Å².